The number of benzene rings is 3. The van der Waals surface area contributed by atoms with Crippen LogP contribution in [0.2, 0.25) is 5.02 Å². The molecule has 4 aliphatic carbocycles. The van der Waals surface area contributed by atoms with Crippen LogP contribution < -0.4 is 10.0 Å². The molecule has 37 heavy (non-hydrogen) atoms. The first-order valence-electron chi connectivity index (χ1n) is 13.0. The van der Waals surface area contributed by atoms with Gasteiger partial charge in [0.05, 0.1) is 15.6 Å². The number of nitrogens with one attached hydrogen (secondary N) is 2. The van der Waals surface area contributed by atoms with Crippen molar-refractivity contribution in [2.45, 2.75) is 55.8 Å². The van der Waals surface area contributed by atoms with Crippen LogP contribution in [0.15, 0.2) is 71.6 Å². The number of carbonyl (C=O) groups is 1. The largest absolute Gasteiger partial charge is 0.322 e. The molecule has 3 aromatic carbocycles. The van der Waals surface area contributed by atoms with Crippen molar-refractivity contribution in [3.8, 4) is 0 Å². The zero-order valence-electron chi connectivity index (χ0n) is 20.8. The summed E-state index contributed by atoms with van der Waals surface area (Å²) >= 11 is 6.36. The van der Waals surface area contributed by atoms with Crippen molar-refractivity contribution < 1.29 is 13.2 Å². The zero-order valence-corrected chi connectivity index (χ0v) is 22.4. The molecule has 0 spiro atoms. The smallest absolute Gasteiger partial charge is 0.261 e. The second-order valence-corrected chi connectivity index (χ2v) is 13.4. The lowest BCUT2D eigenvalue weighted by Crippen LogP contribution is -2.48. The second-order valence-electron chi connectivity index (χ2n) is 11.3. The molecule has 0 aliphatic heterocycles. The fourth-order valence-corrected chi connectivity index (χ4v) is 8.60. The molecule has 1 amide bonds. The minimum Gasteiger partial charge on any atom is -0.322 e. The monoisotopic (exact) mass is 534 g/mol. The van der Waals surface area contributed by atoms with E-state index in [1.807, 2.05) is 19.1 Å². The highest BCUT2D eigenvalue weighted by molar-refractivity contribution is 7.92. The molecule has 4 bridgehead atoms. The van der Waals surface area contributed by atoms with Gasteiger partial charge in [-0.3, -0.25) is 9.52 Å². The molecule has 0 heterocycles. The van der Waals surface area contributed by atoms with Gasteiger partial charge in [-0.15, -0.1) is 0 Å². The van der Waals surface area contributed by atoms with Gasteiger partial charge in [0.15, 0.2) is 0 Å². The van der Waals surface area contributed by atoms with Gasteiger partial charge in [-0.2, -0.15) is 0 Å². The number of anilines is 2. The van der Waals surface area contributed by atoms with E-state index in [9.17, 15) is 13.2 Å². The average Bonchev–Trinajstić information content (AvgIpc) is 2.85. The quantitative estimate of drug-likeness (QED) is 0.352. The Balaban J connectivity index is 1.13. The third kappa shape index (κ3) is 4.77. The molecular weight excluding hydrogens is 504 g/mol. The molecule has 4 saturated carbocycles. The normalized spacial score (nSPS) is 26.2. The topological polar surface area (TPSA) is 75.3 Å². The van der Waals surface area contributed by atoms with E-state index in [0.717, 1.165) is 29.0 Å². The first kappa shape index (κ1) is 24.5. The second kappa shape index (κ2) is 9.17. The molecule has 7 heteroatoms. The maximum Gasteiger partial charge on any atom is 0.261 e. The zero-order chi connectivity index (χ0) is 25.8. The number of carbonyl (C=O) groups excluding carboxylic acids is 1. The van der Waals surface area contributed by atoms with Gasteiger partial charge in [0.1, 0.15) is 0 Å². The van der Waals surface area contributed by atoms with Gasteiger partial charge in [-0.05, 0) is 117 Å². The van der Waals surface area contributed by atoms with Crippen LogP contribution in [0.4, 0.5) is 11.4 Å². The Bertz CT molecular complexity index is 1410. The first-order chi connectivity index (χ1) is 17.7. The molecule has 192 valence electrons. The van der Waals surface area contributed by atoms with Gasteiger partial charge in [0, 0.05) is 11.3 Å². The predicted molar refractivity (Wildman–Crippen MR) is 148 cm³/mol. The lowest BCUT2D eigenvalue weighted by molar-refractivity contribution is -0.00518. The van der Waals surface area contributed by atoms with Gasteiger partial charge < -0.3 is 5.32 Å². The molecule has 7 rings (SSSR count). The minimum absolute atomic E-state index is 0.146. The maximum absolute atomic E-state index is 12.9. The average molecular weight is 535 g/mol. The van der Waals surface area contributed by atoms with Crippen molar-refractivity contribution in [1.82, 2.24) is 0 Å². The molecule has 0 saturated heterocycles. The number of amides is 1. The maximum atomic E-state index is 12.9. The van der Waals surface area contributed by atoms with E-state index in [-0.39, 0.29) is 21.5 Å². The van der Waals surface area contributed by atoms with Crippen LogP contribution in [0.5, 0.6) is 0 Å². The van der Waals surface area contributed by atoms with Gasteiger partial charge in [-0.25, -0.2) is 8.42 Å². The highest BCUT2D eigenvalue weighted by Gasteiger charge is 2.51. The van der Waals surface area contributed by atoms with Crippen LogP contribution in [-0.2, 0) is 15.4 Å². The Morgan fingerprint density at radius 2 is 1.46 bits per heavy atom. The van der Waals surface area contributed by atoms with Crippen LogP contribution in [0.3, 0.4) is 0 Å². The summed E-state index contributed by atoms with van der Waals surface area (Å²) in [4.78, 5) is 13.1. The highest BCUT2D eigenvalue weighted by Crippen LogP contribution is 2.60. The SMILES string of the molecule is Cc1ccc(S(=O)(=O)Nc2ccc(C(=O)Nc3ccc(C45CC6CC(CC(C6)C4)C5)cc3)cc2Cl)cc1. The number of aryl methyl sites for hydroxylation is 1. The van der Waals surface area contributed by atoms with E-state index in [0.29, 0.717) is 11.0 Å². The molecule has 0 unspecified atom stereocenters. The van der Waals surface area contributed by atoms with Crippen LogP contribution in [0.1, 0.15) is 60.0 Å². The molecular formula is C30H31ClN2O3S. The van der Waals surface area contributed by atoms with E-state index in [2.05, 4.69) is 22.2 Å². The number of halogens is 1. The number of rotatable bonds is 6. The van der Waals surface area contributed by atoms with E-state index in [4.69, 9.17) is 11.6 Å². The summed E-state index contributed by atoms with van der Waals surface area (Å²) in [5, 5.41) is 3.10. The lowest BCUT2D eigenvalue weighted by Gasteiger charge is -2.57. The molecule has 4 fully saturated rings. The fourth-order valence-electron chi connectivity index (χ4n) is 7.23. The van der Waals surface area contributed by atoms with Gasteiger partial charge >= 0.3 is 0 Å². The molecule has 5 nitrogen and oxygen atoms in total. The summed E-state index contributed by atoms with van der Waals surface area (Å²) in [7, 11) is -3.79. The third-order valence-corrected chi connectivity index (χ3v) is 10.3. The Morgan fingerprint density at radius 1 is 0.865 bits per heavy atom. The summed E-state index contributed by atoms with van der Waals surface area (Å²) in [6.07, 6.45) is 8.18. The van der Waals surface area contributed by atoms with Crippen molar-refractivity contribution in [2.75, 3.05) is 10.0 Å². The number of hydrogen-bond acceptors (Lipinski definition) is 3. The number of hydrogen-bond donors (Lipinski definition) is 2. The van der Waals surface area contributed by atoms with Crippen LogP contribution in [0, 0.1) is 24.7 Å². The Hall–Kier alpha value is -2.83. The van der Waals surface area contributed by atoms with Crippen molar-refractivity contribution in [3.63, 3.8) is 0 Å². The van der Waals surface area contributed by atoms with Gasteiger partial charge in [0.2, 0.25) is 0 Å². The van der Waals surface area contributed by atoms with Gasteiger partial charge in [-0.1, -0.05) is 41.4 Å². The van der Waals surface area contributed by atoms with Crippen LogP contribution in [-0.4, -0.2) is 14.3 Å². The van der Waals surface area contributed by atoms with Crippen molar-refractivity contribution in [3.05, 3.63) is 88.4 Å². The molecule has 3 aromatic rings. The van der Waals surface area contributed by atoms with Crippen molar-refractivity contribution in [1.29, 1.82) is 0 Å². The molecule has 0 aromatic heterocycles. The van der Waals surface area contributed by atoms with Crippen molar-refractivity contribution in [2.24, 2.45) is 17.8 Å². The summed E-state index contributed by atoms with van der Waals surface area (Å²) in [5.74, 6) is 2.37. The fraction of sp³-hybridized carbons (Fsp3) is 0.367. The Kier molecular flexibility index (Phi) is 6.08. The van der Waals surface area contributed by atoms with Gasteiger partial charge in [0.25, 0.3) is 15.9 Å². The summed E-state index contributed by atoms with van der Waals surface area (Å²) in [5.41, 5.74) is 4.02. The number of sulfonamides is 1. The van der Waals surface area contributed by atoms with Crippen LogP contribution >= 0.6 is 11.6 Å². The van der Waals surface area contributed by atoms with Crippen molar-refractivity contribution >= 4 is 38.9 Å². The van der Waals surface area contributed by atoms with E-state index >= 15 is 0 Å². The third-order valence-electron chi connectivity index (χ3n) is 8.60. The standard InChI is InChI=1S/C30H31ClN2O3S/c1-19-2-9-26(10-3-19)37(35,36)33-28-11-4-23(15-27(28)31)29(34)32-25-7-5-24(6-8-25)30-16-20-12-21(17-30)14-22(13-20)18-30/h2-11,15,20-22,33H,12-14,16-18H2,1H3,(H,32,34). The molecule has 4 aliphatic rings. The Morgan fingerprint density at radius 3 is 2.03 bits per heavy atom. The van der Waals surface area contributed by atoms with E-state index < -0.39 is 10.0 Å². The summed E-state index contributed by atoms with van der Waals surface area (Å²) < 4.78 is 27.9. The van der Waals surface area contributed by atoms with E-state index in [1.165, 1.54) is 56.2 Å². The minimum atomic E-state index is -3.79. The molecule has 2 N–H and O–H groups in total. The molecule has 0 radical (unpaired) electrons. The highest BCUT2D eigenvalue weighted by atomic mass is 35.5. The first-order valence-corrected chi connectivity index (χ1v) is 14.9. The summed E-state index contributed by atoms with van der Waals surface area (Å²) in [6.45, 7) is 1.89. The lowest BCUT2D eigenvalue weighted by atomic mass is 9.48. The predicted octanol–water partition coefficient (Wildman–Crippen LogP) is 7.17. The summed E-state index contributed by atoms with van der Waals surface area (Å²) in [6, 6.07) is 19.5. The van der Waals surface area contributed by atoms with Crippen LogP contribution in [0.25, 0.3) is 0 Å². The molecule has 0 atom stereocenters. The van der Waals surface area contributed by atoms with E-state index in [1.54, 1.807) is 30.3 Å². The Labute approximate surface area is 223 Å².